The zero-order chi connectivity index (χ0) is 13.0. The van der Waals surface area contributed by atoms with Gasteiger partial charge in [-0.25, -0.2) is 0 Å². The number of benzene rings is 1. The van der Waals surface area contributed by atoms with Crippen LogP contribution in [-0.4, -0.2) is 16.9 Å². The Bertz CT molecular complexity index is 438. The van der Waals surface area contributed by atoms with Gasteiger partial charge < -0.3 is 5.11 Å². The van der Waals surface area contributed by atoms with Crippen LogP contribution < -0.4 is 0 Å². The van der Waals surface area contributed by atoms with E-state index in [1.165, 1.54) is 0 Å². The van der Waals surface area contributed by atoms with Gasteiger partial charge in [-0.05, 0) is 31.2 Å². The second kappa shape index (κ2) is 5.34. The summed E-state index contributed by atoms with van der Waals surface area (Å²) in [5, 5.41) is 8.83. The lowest BCUT2D eigenvalue weighted by Gasteiger charge is -2.27. The number of hydrogen-bond donors (Lipinski definition) is 1. The molecule has 1 N–H and O–H groups in total. The summed E-state index contributed by atoms with van der Waals surface area (Å²) in [6.07, 6.45) is 3.56. The van der Waals surface area contributed by atoms with Gasteiger partial charge in [0.05, 0.1) is 0 Å². The SMILES string of the molecule is O=C(O)CCC1(Cc2ccccc2)CCCC1=O. The molecule has 18 heavy (non-hydrogen) atoms. The molecule has 0 heterocycles. The van der Waals surface area contributed by atoms with E-state index in [1.54, 1.807) is 0 Å². The van der Waals surface area contributed by atoms with Crippen molar-refractivity contribution in [3.05, 3.63) is 35.9 Å². The van der Waals surface area contributed by atoms with Crippen molar-refractivity contribution in [3.63, 3.8) is 0 Å². The molecule has 1 saturated carbocycles. The minimum Gasteiger partial charge on any atom is -0.481 e. The lowest BCUT2D eigenvalue weighted by atomic mass is 9.75. The number of aliphatic carboxylic acids is 1. The molecule has 1 aromatic carbocycles. The average Bonchev–Trinajstić information content (AvgIpc) is 2.70. The van der Waals surface area contributed by atoms with Crippen LogP contribution in [0.15, 0.2) is 30.3 Å². The summed E-state index contributed by atoms with van der Waals surface area (Å²) in [5.74, 6) is -0.574. The first-order valence-corrected chi connectivity index (χ1v) is 6.41. The van der Waals surface area contributed by atoms with E-state index in [2.05, 4.69) is 0 Å². The smallest absolute Gasteiger partial charge is 0.303 e. The van der Waals surface area contributed by atoms with Crippen molar-refractivity contribution in [1.82, 2.24) is 0 Å². The molecule has 3 heteroatoms. The first kappa shape index (κ1) is 12.8. The minimum absolute atomic E-state index is 0.0819. The standard InChI is InChI=1S/C15H18O3/c16-13-7-4-9-15(13,10-8-14(17)18)11-12-5-2-1-3-6-12/h1-3,5-6H,4,7-11H2,(H,17,18). The Balaban J connectivity index is 2.15. The van der Waals surface area contributed by atoms with E-state index >= 15 is 0 Å². The summed E-state index contributed by atoms with van der Waals surface area (Å²) in [6, 6.07) is 9.88. The molecule has 2 rings (SSSR count). The molecule has 0 bridgehead atoms. The van der Waals surface area contributed by atoms with Crippen LogP contribution in [0.4, 0.5) is 0 Å². The topological polar surface area (TPSA) is 54.4 Å². The molecule has 1 aliphatic carbocycles. The van der Waals surface area contributed by atoms with Gasteiger partial charge in [0, 0.05) is 18.3 Å². The summed E-state index contributed by atoms with van der Waals surface area (Å²) in [5.41, 5.74) is 0.692. The van der Waals surface area contributed by atoms with Gasteiger partial charge in [-0.1, -0.05) is 30.3 Å². The molecule has 3 nitrogen and oxygen atoms in total. The van der Waals surface area contributed by atoms with Crippen molar-refractivity contribution in [2.24, 2.45) is 5.41 Å². The van der Waals surface area contributed by atoms with E-state index in [-0.39, 0.29) is 12.2 Å². The third-order valence-corrected chi connectivity index (χ3v) is 3.85. The van der Waals surface area contributed by atoms with Gasteiger partial charge >= 0.3 is 5.97 Å². The van der Waals surface area contributed by atoms with Crippen molar-refractivity contribution in [2.75, 3.05) is 0 Å². The van der Waals surface area contributed by atoms with Crippen molar-refractivity contribution >= 4 is 11.8 Å². The maximum atomic E-state index is 12.1. The van der Waals surface area contributed by atoms with Crippen molar-refractivity contribution in [3.8, 4) is 0 Å². The third kappa shape index (κ3) is 2.78. The first-order chi connectivity index (χ1) is 8.62. The Labute approximate surface area is 107 Å². The van der Waals surface area contributed by atoms with Crippen LogP contribution in [-0.2, 0) is 16.0 Å². The highest BCUT2D eigenvalue weighted by Gasteiger charge is 2.41. The summed E-state index contributed by atoms with van der Waals surface area (Å²) in [4.78, 5) is 22.9. The van der Waals surface area contributed by atoms with Gasteiger partial charge in [0.15, 0.2) is 0 Å². The van der Waals surface area contributed by atoms with Crippen LogP contribution in [0.1, 0.15) is 37.7 Å². The fraction of sp³-hybridized carbons (Fsp3) is 0.467. The van der Waals surface area contributed by atoms with Crippen LogP contribution in [0.25, 0.3) is 0 Å². The Morgan fingerprint density at radius 2 is 2.00 bits per heavy atom. The fourth-order valence-corrected chi connectivity index (χ4v) is 2.86. The second-order valence-corrected chi connectivity index (χ2v) is 5.11. The molecule has 0 aromatic heterocycles. The molecule has 0 amide bonds. The highest BCUT2D eigenvalue weighted by atomic mass is 16.4. The minimum atomic E-state index is -0.817. The normalized spacial score (nSPS) is 23.2. The molecule has 0 spiro atoms. The van der Waals surface area contributed by atoms with Crippen molar-refractivity contribution in [2.45, 2.75) is 38.5 Å². The number of carboxylic acid groups (broad SMARTS) is 1. The number of ketones is 1. The van der Waals surface area contributed by atoms with Gasteiger partial charge in [-0.15, -0.1) is 0 Å². The maximum absolute atomic E-state index is 12.1. The quantitative estimate of drug-likeness (QED) is 0.869. The van der Waals surface area contributed by atoms with E-state index in [0.717, 1.165) is 18.4 Å². The van der Waals surface area contributed by atoms with Gasteiger partial charge in [0.1, 0.15) is 5.78 Å². The highest BCUT2D eigenvalue weighted by Crippen LogP contribution is 2.41. The predicted octanol–water partition coefficient (Wildman–Crippen LogP) is 2.83. The van der Waals surface area contributed by atoms with Crippen LogP contribution in [0.2, 0.25) is 0 Å². The Morgan fingerprint density at radius 3 is 2.56 bits per heavy atom. The van der Waals surface area contributed by atoms with Gasteiger partial charge in [-0.2, -0.15) is 0 Å². The number of rotatable bonds is 5. The van der Waals surface area contributed by atoms with E-state index in [0.29, 0.717) is 19.3 Å². The Hall–Kier alpha value is -1.64. The summed E-state index contributed by atoms with van der Waals surface area (Å²) >= 11 is 0. The molecular weight excluding hydrogens is 228 g/mol. The second-order valence-electron chi connectivity index (χ2n) is 5.11. The molecule has 0 aliphatic heterocycles. The van der Waals surface area contributed by atoms with Crippen LogP contribution >= 0.6 is 0 Å². The van der Waals surface area contributed by atoms with E-state index in [4.69, 9.17) is 5.11 Å². The molecule has 0 saturated heterocycles. The number of Topliss-reactive ketones (excluding diaryl/α,β-unsaturated/α-hetero) is 1. The predicted molar refractivity (Wildman–Crippen MR) is 68.3 cm³/mol. The number of carbonyl (C=O) groups is 2. The number of carboxylic acids is 1. The van der Waals surface area contributed by atoms with Gasteiger partial charge in [-0.3, -0.25) is 9.59 Å². The van der Waals surface area contributed by atoms with E-state index in [1.807, 2.05) is 30.3 Å². The zero-order valence-electron chi connectivity index (χ0n) is 10.4. The van der Waals surface area contributed by atoms with Crippen molar-refractivity contribution < 1.29 is 14.7 Å². The molecular formula is C15H18O3. The molecule has 0 radical (unpaired) electrons. The van der Waals surface area contributed by atoms with Gasteiger partial charge in [0.25, 0.3) is 0 Å². The average molecular weight is 246 g/mol. The lowest BCUT2D eigenvalue weighted by molar-refractivity contribution is -0.138. The van der Waals surface area contributed by atoms with Crippen molar-refractivity contribution in [1.29, 1.82) is 0 Å². The maximum Gasteiger partial charge on any atom is 0.303 e. The Kier molecular flexibility index (Phi) is 3.80. The molecule has 1 atom stereocenters. The van der Waals surface area contributed by atoms with Crippen LogP contribution in [0.5, 0.6) is 0 Å². The summed E-state index contributed by atoms with van der Waals surface area (Å²) in [6.45, 7) is 0. The Morgan fingerprint density at radius 1 is 1.28 bits per heavy atom. The monoisotopic (exact) mass is 246 g/mol. The largest absolute Gasteiger partial charge is 0.481 e. The number of hydrogen-bond acceptors (Lipinski definition) is 2. The molecule has 1 fully saturated rings. The molecule has 1 aromatic rings. The fourth-order valence-electron chi connectivity index (χ4n) is 2.86. The van der Waals surface area contributed by atoms with E-state index in [9.17, 15) is 9.59 Å². The third-order valence-electron chi connectivity index (χ3n) is 3.85. The van der Waals surface area contributed by atoms with Gasteiger partial charge in [0.2, 0.25) is 0 Å². The van der Waals surface area contributed by atoms with E-state index < -0.39 is 11.4 Å². The summed E-state index contributed by atoms with van der Waals surface area (Å²) in [7, 11) is 0. The van der Waals surface area contributed by atoms with Crippen LogP contribution in [0, 0.1) is 5.41 Å². The lowest BCUT2D eigenvalue weighted by Crippen LogP contribution is -2.29. The zero-order valence-corrected chi connectivity index (χ0v) is 10.4. The van der Waals surface area contributed by atoms with Crippen LogP contribution in [0.3, 0.4) is 0 Å². The highest BCUT2D eigenvalue weighted by molar-refractivity contribution is 5.87. The number of carbonyl (C=O) groups excluding carboxylic acids is 1. The molecule has 96 valence electrons. The first-order valence-electron chi connectivity index (χ1n) is 6.41. The molecule has 1 aliphatic rings. The summed E-state index contributed by atoms with van der Waals surface area (Å²) < 4.78 is 0. The molecule has 1 unspecified atom stereocenters.